The summed E-state index contributed by atoms with van der Waals surface area (Å²) < 4.78 is 5.07. The molecule has 0 amide bonds. The topological polar surface area (TPSA) is 29.5 Å². The van der Waals surface area contributed by atoms with Crippen LogP contribution < -0.4 is 0 Å². The average molecular weight is 236 g/mol. The highest BCUT2D eigenvalue weighted by Gasteiger charge is 2.20. The molecule has 1 N–H and O–H groups in total. The second-order valence-electron chi connectivity index (χ2n) is 5.02. The van der Waals surface area contributed by atoms with Crippen LogP contribution in [0.5, 0.6) is 0 Å². The summed E-state index contributed by atoms with van der Waals surface area (Å²) >= 11 is 0. The number of aliphatic hydroxyl groups excluding tert-OH is 1. The first-order chi connectivity index (χ1) is 7.97. The summed E-state index contributed by atoms with van der Waals surface area (Å²) in [5.74, 6) is 0.218. The molecule has 0 saturated heterocycles. The SMILES string of the molecule is COCCC(C)C(O)c1c(C)cc(C)cc1C. The monoisotopic (exact) mass is 236 g/mol. The van der Waals surface area contributed by atoms with Crippen LogP contribution in [0.1, 0.15) is 41.7 Å². The van der Waals surface area contributed by atoms with Gasteiger partial charge in [-0.25, -0.2) is 0 Å². The second-order valence-corrected chi connectivity index (χ2v) is 5.02. The highest BCUT2D eigenvalue weighted by atomic mass is 16.5. The lowest BCUT2D eigenvalue weighted by Gasteiger charge is -2.23. The second kappa shape index (κ2) is 6.18. The third kappa shape index (κ3) is 3.55. The fourth-order valence-corrected chi connectivity index (χ4v) is 2.40. The molecule has 0 aliphatic heterocycles. The van der Waals surface area contributed by atoms with E-state index in [9.17, 15) is 5.11 Å². The van der Waals surface area contributed by atoms with Crippen LogP contribution in [0.15, 0.2) is 12.1 Å². The van der Waals surface area contributed by atoms with E-state index in [4.69, 9.17) is 4.74 Å². The molecule has 1 rings (SSSR count). The van der Waals surface area contributed by atoms with E-state index in [0.29, 0.717) is 6.61 Å². The van der Waals surface area contributed by atoms with E-state index in [1.165, 1.54) is 16.7 Å². The summed E-state index contributed by atoms with van der Waals surface area (Å²) in [6.07, 6.45) is 0.482. The molecule has 2 nitrogen and oxygen atoms in total. The lowest BCUT2D eigenvalue weighted by atomic mass is 9.88. The number of aryl methyl sites for hydroxylation is 3. The van der Waals surface area contributed by atoms with Crippen LogP contribution in [0.3, 0.4) is 0 Å². The van der Waals surface area contributed by atoms with Crippen LogP contribution >= 0.6 is 0 Å². The standard InChI is InChI=1S/C15H24O2/c1-10-8-12(3)14(13(4)9-10)15(16)11(2)6-7-17-5/h8-9,11,15-16H,6-7H2,1-5H3. The average Bonchev–Trinajstić information content (AvgIpc) is 2.24. The largest absolute Gasteiger partial charge is 0.388 e. The van der Waals surface area contributed by atoms with Crippen molar-refractivity contribution in [3.8, 4) is 0 Å². The summed E-state index contributed by atoms with van der Waals surface area (Å²) in [4.78, 5) is 0. The van der Waals surface area contributed by atoms with E-state index < -0.39 is 6.10 Å². The zero-order valence-electron chi connectivity index (χ0n) is 11.6. The molecule has 0 aliphatic rings. The normalized spacial score (nSPS) is 14.7. The Bertz CT molecular complexity index is 348. The number of benzene rings is 1. The third-order valence-corrected chi connectivity index (χ3v) is 3.35. The van der Waals surface area contributed by atoms with Gasteiger partial charge in [0.1, 0.15) is 0 Å². The minimum atomic E-state index is -0.397. The molecule has 2 heteroatoms. The van der Waals surface area contributed by atoms with E-state index in [2.05, 4.69) is 39.8 Å². The predicted molar refractivity (Wildman–Crippen MR) is 71.3 cm³/mol. The van der Waals surface area contributed by atoms with Crippen molar-refractivity contribution in [1.29, 1.82) is 0 Å². The zero-order valence-corrected chi connectivity index (χ0v) is 11.6. The maximum absolute atomic E-state index is 10.4. The molecule has 0 spiro atoms. The van der Waals surface area contributed by atoms with Gasteiger partial charge in [0.2, 0.25) is 0 Å². The first-order valence-corrected chi connectivity index (χ1v) is 6.22. The molecule has 0 aromatic heterocycles. The van der Waals surface area contributed by atoms with Crippen LogP contribution in [-0.2, 0) is 4.74 Å². The van der Waals surface area contributed by atoms with Gasteiger partial charge < -0.3 is 9.84 Å². The predicted octanol–water partition coefficient (Wildman–Crippen LogP) is 3.32. The molecule has 0 fully saturated rings. The maximum Gasteiger partial charge on any atom is 0.0821 e. The van der Waals surface area contributed by atoms with E-state index in [1.807, 2.05) is 0 Å². The van der Waals surface area contributed by atoms with Crippen LogP contribution in [0, 0.1) is 26.7 Å². The number of ether oxygens (including phenoxy) is 1. The first-order valence-electron chi connectivity index (χ1n) is 6.22. The Morgan fingerprint density at radius 1 is 1.18 bits per heavy atom. The van der Waals surface area contributed by atoms with E-state index in [1.54, 1.807) is 7.11 Å². The highest BCUT2D eigenvalue weighted by Crippen LogP contribution is 2.30. The number of hydrogen-bond donors (Lipinski definition) is 1. The van der Waals surface area contributed by atoms with Gasteiger partial charge in [0.15, 0.2) is 0 Å². The fraction of sp³-hybridized carbons (Fsp3) is 0.600. The van der Waals surface area contributed by atoms with Gasteiger partial charge in [0, 0.05) is 13.7 Å². The number of rotatable bonds is 5. The lowest BCUT2D eigenvalue weighted by Crippen LogP contribution is -2.14. The summed E-state index contributed by atoms with van der Waals surface area (Å²) in [6, 6.07) is 4.27. The number of methoxy groups -OCH3 is 1. The Morgan fingerprint density at radius 2 is 1.71 bits per heavy atom. The summed E-state index contributed by atoms with van der Waals surface area (Å²) in [5.41, 5.74) is 4.69. The van der Waals surface area contributed by atoms with Crippen molar-refractivity contribution in [1.82, 2.24) is 0 Å². The molecule has 0 heterocycles. The van der Waals surface area contributed by atoms with Crippen molar-refractivity contribution >= 4 is 0 Å². The van der Waals surface area contributed by atoms with Crippen LogP contribution in [-0.4, -0.2) is 18.8 Å². The van der Waals surface area contributed by atoms with Crippen LogP contribution in [0.25, 0.3) is 0 Å². The Morgan fingerprint density at radius 3 is 2.18 bits per heavy atom. The minimum Gasteiger partial charge on any atom is -0.388 e. The van der Waals surface area contributed by atoms with Gasteiger partial charge in [-0.2, -0.15) is 0 Å². The zero-order chi connectivity index (χ0) is 13.0. The van der Waals surface area contributed by atoms with Gasteiger partial charge in [-0.15, -0.1) is 0 Å². The molecular formula is C15H24O2. The molecule has 2 unspecified atom stereocenters. The molecule has 1 aromatic carbocycles. The number of aliphatic hydroxyl groups is 1. The van der Waals surface area contributed by atoms with Gasteiger partial charge in [0.05, 0.1) is 6.10 Å². The van der Waals surface area contributed by atoms with Crippen molar-refractivity contribution in [2.45, 2.75) is 40.2 Å². The van der Waals surface area contributed by atoms with Gasteiger partial charge in [-0.05, 0) is 49.8 Å². The van der Waals surface area contributed by atoms with Gasteiger partial charge in [-0.3, -0.25) is 0 Å². The van der Waals surface area contributed by atoms with E-state index >= 15 is 0 Å². The third-order valence-electron chi connectivity index (χ3n) is 3.35. The first kappa shape index (κ1) is 14.2. The molecule has 0 aliphatic carbocycles. The summed E-state index contributed by atoms with van der Waals surface area (Å²) in [7, 11) is 1.70. The van der Waals surface area contributed by atoms with Crippen molar-refractivity contribution in [2.75, 3.05) is 13.7 Å². The molecule has 0 bridgehead atoms. The summed E-state index contributed by atoms with van der Waals surface area (Å²) in [5, 5.41) is 10.4. The van der Waals surface area contributed by atoms with E-state index in [-0.39, 0.29) is 5.92 Å². The van der Waals surface area contributed by atoms with Gasteiger partial charge in [-0.1, -0.05) is 24.6 Å². The Hall–Kier alpha value is -0.860. The van der Waals surface area contributed by atoms with Crippen molar-refractivity contribution in [3.05, 3.63) is 34.4 Å². The molecular weight excluding hydrogens is 212 g/mol. The van der Waals surface area contributed by atoms with Gasteiger partial charge in [0.25, 0.3) is 0 Å². The van der Waals surface area contributed by atoms with E-state index in [0.717, 1.165) is 12.0 Å². The summed E-state index contributed by atoms with van der Waals surface area (Å²) in [6.45, 7) is 9.00. The van der Waals surface area contributed by atoms with Crippen molar-refractivity contribution in [3.63, 3.8) is 0 Å². The minimum absolute atomic E-state index is 0.218. The molecule has 96 valence electrons. The smallest absolute Gasteiger partial charge is 0.0821 e. The highest BCUT2D eigenvalue weighted by molar-refractivity contribution is 5.39. The molecule has 2 atom stereocenters. The Kier molecular flexibility index (Phi) is 5.16. The van der Waals surface area contributed by atoms with Crippen molar-refractivity contribution in [2.24, 2.45) is 5.92 Å². The lowest BCUT2D eigenvalue weighted by molar-refractivity contribution is 0.0877. The van der Waals surface area contributed by atoms with Crippen molar-refractivity contribution < 1.29 is 9.84 Å². The fourth-order valence-electron chi connectivity index (χ4n) is 2.40. The van der Waals surface area contributed by atoms with Crippen LogP contribution in [0.2, 0.25) is 0 Å². The Balaban J connectivity index is 2.91. The van der Waals surface area contributed by atoms with Crippen LogP contribution in [0.4, 0.5) is 0 Å². The molecule has 0 saturated carbocycles. The number of hydrogen-bond acceptors (Lipinski definition) is 2. The molecule has 0 radical (unpaired) electrons. The molecule has 1 aromatic rings. The Labute approximate surface area is 105 Å². The quantitative estimate of drug-likeness (QED) is 0.850. The maximum atomic E-state index is 10.4. The van der Waals surface area contributed by atoms with Gasteiger partial charge >= 0.3 is 0 Å². The molecule has 17 heavy (non-hydrogen) atoms.